The molecule has 0 N–H and O–H groups in total. The van der Waals surface area contributed by atoms with Crippen LogP contribution in [0.4, 0.5) is 0 Å². The third kappa shape index (κ3) is 6.43. The van der Waals surface area contributed by atoms with Gasteiger partial charge in [0.05, 0.1) is 20.3 Å². The van der Waals surface area contributed by atoms with Gasteiger partial charge in [0.25, 0.3) is 5.88 Å². The topological polar surface area (TPSA) is 62.7 Å². The lowest BCUT2D eigenvalue weighted by molar-refractivity contribution is 0.246. The van der Waals surface area contributed by atoms with Crippen molar-refractivity contribution in [1.29, 1.82) is 0 Å². The van der Waals surface area contributed by atoms with Crippen molar-refractivity contribution in [2.24, 2.45) is 0 Å². The third-order valence-electron chi connectivity index (χ3n) is 3.70. The van der Waals surface area contributed by atoms with Crippen LogP contribution in [0.15, 0.2) is 30.3 Å². The highest BCUT2D eigenvalue weighted by Gasteiger charge is 2.11. The standard InChI is InChI=1S/C20H28N2O4/c1-4-6-11-24-19-13-16(21-22-20(19)25-12-7-5-2)15-26-18-10-8-9-17(14-18)23-3/h8-10,13-14H,4-7,11-12,15H2,1-3H3. The monoisotopic (exact) mass is 360 g/mol. The predicted octanol–water partition coefficient (Wildman–Crippen LogP) is 4.42. The summed E-state index contributed by atoms with van der Waals surface area (Å²) in [5.41, 5.74) is 0.683. The summed E-state index contributed by atoms with van der Waals surface area (Å²) in [6.07, 6.45) is 4.07. The van der Waals surface area contributed by atoms with E-state index in [-0.39, 0.29) is 0 Å². The number of unbranched alkanes of at least 4 members (excludes halogenated alkanes) is 2. The van der Waals surface area contributed by atoms with Crippen LogP contribution in [0.1, 0.15) is 45.2 Å². The predicted molar refractivity (Wildman–Crippen MR) is 100 cm³/mol. The molecule has 0 spiro atoms. The lowest BCUT2D eigenvalue weighted by atomic mass is 10.3. The van der Waals surface area contributed by atoms with Crippen molar-refractivity contribution < 1.29 is 18.9 Å². The summed E-state index contributed by atoms with van der Waals surface area (Å²) >= 11 is 0. The Balaban J connectivity index is 2.03. The maximum Gasteiger partial charge on any atom is 0.276 e. The highest BCUT2D eigenvalue weighted by atomic mass is 16.5. The largest absolute Gasteiger partial charge is 0.497 e. The second kappa shape index (κ2) is 11.2. The summed E-state index contributed by atoms with van der Waals surface area (Å²) in [6, 6.07) is 9.29. The molecule has 0 aliphatic heterocycles. The Morgan fingerprint density at radius 2 is 1.58 bits per heavy atom. The van der Waals surface area contributed by atoms with E-state index in [0.717, 1.165) is 31.4 Å². The summed E-state index contributed by atoms with van der Waals surface area (Å²) in [4.78, 5) is 0. The Morgan fingerprint density at radius 3 is 2.31 bits per heavy atom. The molecule has 0 fully saturated rings. The van der Waals surface area contributed by atoms with E-state index < -0.39 is 0 Å². The molecule has 1 aromatic heterocycles. The van der Waals surface area contributed by atoms with Crippen LogP contribution >= 0.6 is 0 Å². The number of benzene rings is 1. The Bertz CT molecular complexity index is 664. The number of aromatic nitrogens is 2. The smallest absolute Gasteiger partial charge is 0.276 e. The van der Waals surface area contributed by atoms with Crippen LogP contribution in [-0.2, 0) is 6.61 Å². The van der Waals surface area contributed by atoms with E-state index in [2.05, 4.69) is 24.0 Å². The third-order valence-corrected chi connectivity index (χ3v) is 3.70. The fraction of sp³-hybridized carbons (Fsp3) is 0.500. The van der Waals surface area contributed by atoms with Gasteiger partial charge in [-0.25, -0.2) is 0 Å². The summed E-state index contributed by atoms with van der Waals surface area (Å²) in [6.45, 7) is 5.77. The van der Waals surface area contributed by atoms with Crippen molar-refractivity contribution in [3.63, 3.8) is 0 Å². The number of hydrogen-bond acceptors (Lipinski definition) is 6. The first-order chi connectivity index (χ1) is 12.8. The minimum atomic E-state index is 0.291. The van der Waals surface area contributed by atoms with Crippen LogP contribution in [0.3, 0.4) is 0 Å². The van der Waals surface area contributed by atoms with Gasteiger partial charge in [0, 0.05) is 12.1 Å². The van der Waals surface area contributed by atoms with E-state index in [0.29, 0.717) is 42.9 Å². The maximum absolute atomic E-state index is 5.83. The zero-order valence-corrected chi connectivity index (χ0v) is 15.9. The molecule has 0 aliphatic rings. The molecule has 0 bridgehead atoms. The molecule has 0 unspecified atom stereocenters. The van der Waals surface area contributed by atoms with E-state index in [1.54, 1.807) is 7.11 Å². The lowest BCUT2D eigenvalue weighted by Crippen LogP contribution is -2.07. The SMILES string of the molecule is CCCCOc1cc(COc2cccc(OC)c2)nnc1OCCCC. The van der Waals surface area contributed by atoms with Crippen molar-refractivity contribution in [3.8, 4) is 23.1 Å². The van der Waals surface area contributed by atoms with Gasteiger partial charge >= 0.3 is 0 Å². The molecule has 0 radical (unpaired) electrons. The number of hydrogen-bond donors (Lipinski definition) is 0. The number of nitrogens with zero attached hydrogens (tertiary/aromatic N) is 2. The molecule has 2 aromatic rings. The number of rotatable bonds is 12. The first kappa shape index (κ1) is 19.8. The average molecular weight is 360 g/mol. The minimum absolute atomic E-state index is 0.291. The van der Waals surface area contributed by atoms with Crippen LogP contribution in [0, 0.1) is 0 Å². The zero-order chi connectivity index (χ0) is 18.6. The van der Waals surface area contributed by atoms with Gasteiger partial charge in [0.1, 0.15) is 23.8 Å². The molecule has 26 heavy (non-hydrogen) atoms. The van der Waals surface area contributed by atoms with Crippen LogP contribution < -0.4 is 18.9 Å². The Kier molecular flexibility index (Phi) is 8.52. The Labute approximate surface area is 155 Å². The fourth-order valence-corrected chi connectivity index (χ4v) is 2.16. The van der Waals surface area contributed by atoms with Crippen molar-refractivity contribution in [1.82, 2.24) is 10.2 Å². The average Bonchev–Trinajstić information content (AvgIpc) is 2.68. The molecule has 1 aromatic carbocycles. The van der Waals surface area contributed by atoms with Gasteiger partial charge in [-0.05, 0) is 25.0 Å². The lowest BCUT2D eigenvalue weighted by Gasteiger charge is -2.12. The summed E-state index contributed by atoms with van der Waals surface area (Å²) in [5, 5.41) is 8.37. The van der Waals surface area contributed by atoms with Crippen LogP contribution in [0.2, 0.25) is 0 Å². The highest BCUT2D eigenvalue weighted by molar-refractivity contribution is 5.35. The van der Waals surface area contributed by atoms with Gasteiger partial charge in [0.2, 0.25) is 0 Å². The Morgan fingerprint density at radius 1 is 0.846 bits per heavy atom. The van der Waals surface area contributed by atoms with Crippen molar-refractivity contribution >= 4 is 0 Å². The van der Waals surface area contributed by atoms with E-state index >= 15 is 0 Å². The molecule has 0 saturated carbocycles. The molecule has 6 nitrogen and oxygen atoms in total. The molecule has 0 saturated heterocycles. The van der Waals surface area contributed by atoms with Crippen molar-refractivity contribution in [3.05, 3.63) is 36.0 Å². The van der Waals surface area contributed by atoms with Crippen LogP contribution in [0.25, 0.3) is 0 Å². The van der Waals surface area contributed by atoms with Crippen molar-refractivity contribution in [2.75, 3.05) is 20.3 Å². The Hall–Kier alpha value is -2.50. The molecule has 0 amide bonds. The normalized spacial score (nSPS) is 10.4. The molecular formula is C20H28N2O4. The van der Waals surface area contributed by atoms with E-state index in [4.69, 9.17) is 18.9 Å². The summed E-state index contributed by atoms with van der Waals surface area (Å²) in [7, 11) is 1.63. The first-order valence-corrected chi connectivity index (χ1v) is 9.15. The van der Waals surface area contributed by atoms with Gasteiger partial charge in [-0.3, -0.25) is 0 Å². The molecule has 0 aliphatic carbocycles. The quantitative estimate of drug-likeness (QED) is 0.522. The van der Waals surface area contributed by atoms with Gasteiger partial charge in [-0.15, -0.1) is 10.2 Å². The molecule has 6 heteroatoms. The molecule has 1 heterocycles. The van der Waals surface area contributed by atoms with E-state index in [1.165, 1.54) is 0 Å². The van der Waals surface area contributed by atoms with Crippen LogP contribution in [0.5, 0.6) is 23.1 Å². The van der Waals surface area contributed by atoms with Gasteiger partial charge in [-0.2, -0.15) is 0 Å². The zero-order valence-electron chi connectivity index (χ0n) is 15.9. The van der Waals surface area contributed by atoms with Gasteiger partial charge in [-0.1, -0.05) is 32.8 Å². The van der Waals surface area contributed by atoms with E-state index in [1.807, 2.05) is 30.3 Å². The number of methoxy groups -OCH3 is 1. The second-order valence-corrected chi connectivity index (χ2v) is 5.88. The number of ether oxygens (including phenoxy) is 4. The van der Waals surface area contributed by atoms with E-state index in [9.17, 15) is 0 Å². The molecule has 0 atom stereocenters. The summed E-state index contributed by atoms with van der Waals surface area (Å²) < 4.78 is 22.5. The van der Waals surface area contributed by atoms with Crippen molar-refractivity contribution in [2.45, 2.75) is 46.1 Å². The molecule has 2 rings (SSSR count). The van der Waals surface area contributed by atoms with Crippen LogP contribution in [-0.4, -0.2) is 30.5 Å². The fourth-order valence-electron chi connectivity index (χ4n) is 2.16. The second-order valence-electron chi connectivity index (χ2n) is 5.88. The summed E-state index contributed by atoms with van der Waals surface area (Å²) in [5.74, 6) is 2.52. The minimum Gasteiger partial charge on any atom is -0.497 e. The molecular weight excluding hydrogens is 332 g/mol. The maximum atomic E-state index is 5.83. The first-order valence-electron chi connectivity index (χ1n) is 9.15. The highest BCUT2D eigenvalue weighted by Crippen LogP contribution is 2.26. The molecule has 142 valence electrons. The van der Waals surface area contributed by atoms with Gasteiger partial charge < -0.3 is 18.9 Å². The van der Waals surface area contributed by atoms with Gasteiger partial charge in [0.15, 0.2) is 5.75 Å².